The number of carbonyl (C=O) groups is 1. The number of likely N-dealkylation sites (tertiary alicyclic amines) is 1. The molecule has 2 aromatic rings. The predicted octanol–water partition coefficient (Wildman–Crippen LogP) is 3.74. The first-order chi connectivity index (χ1) is 13.6. The van der Waals surface area contributed by atoms with Gasteiger partial charge in [0, 0.05) is 30.7 Å². The fourth-order valence-electron chi connectivity index (χ4n) is 3.78. The number of hydrogen-bond acceptors (Lipinski definition) is 6. The maximum atomic E-state index is 11.1. The van der Waals surface area contributed by atoms with E-state index in [9.17, 15) is 9.90 Å². The molecule has 3 N–H and O–H groups in total. The molecule has 28 heavy (non-hydrogen) atoms. The van der Waals surface area contributed by atoms with Gasteiger partial charge in [0.1, 0.15) is 6.04 Å². The van der Waals surface area contributed by atoms with Gasteiger partial charge in [-0.3, -0.25) is 9.69 Å². The topological polar surface area (TPSA) is 88.7 Å². The SMILES string of the molecule is Nc1nc(-c2ccccc2)cs1.O=C(O)[C@@H]1CCCCN1CC1CCOCC1. The summed E-state index contributed by atoms with van der Waals surface area (Å²) in [5.74, 6) is -0.0135. The van der Waals surface area contributed by atoms with E-state index in [1.54, 1.807) is 0 Å². The van der Waals surface area contributed by atoms with Crippen LogP contribution in [0.25, 0.3) is 11.3 Å². The molecular formula is C21H29N3O3S. The minimum Gasteiger partial charge on any atom is -0.480 e. The Bertz CT molecular complexity index is 732. The summed E-state index contributed by atoms with van der Waals surface area (Å²) in [7, 11) is 0. The molecule has 2 fully saturated rings. The van der Waals surface area contributed by atoms with Crippen molar-refractivity contribution in [2.24, 2.45) is 5.92 Å². The number of thiazole rings is 1. The highest BCUT2D eigenvalue weighted by molar-refractivity contribution is 7.13. The van der Waals surface area contributed by atoms with Crippen molar-refractivity contribution in [2.45, 2.75) is 38.1 Å². The average Bonchev–Trinajstić information content (AvgIpc) is 3.17. The van der Waals surface area contributed by atoms with Gasteiger partial charge >= 0.3 is 5.97 Å². The quantitative estimate of drug-likeness (QED) is 0.808. The number of benzene rings is 1. The van der Waals surface area contributed by atoms with Crippen molar-refractivity contribution in [3.8, 4) is 11.3 Å². The second kappa shape index (κ2) is 10.5. The summed E-state index contributed by atoms with van der Waals surface area (Å²) in [6, 6.07) is 9.77. The molecule has 2 aliphatic heterocycles. The van der Waals surface area contributed by atoms with Crippen molar-refractivity contribution in [1.82, 2.24) is 9.88 Å². The first-order valence-corrected chi connectivity index (χ1v) is 10.8. The summed E-state index contributed by atoms with van der Waals surface area (Å²) in [6.07, 6.45) is 5.19. The van der Waals surface area contributed by atoms with Crippen molar-refractivity contribution in [3.63, 3.8) is 0 Å². The minimum absolute atomic E-state index is 0.239. The van der Waals surface area contributed by atoms with E-state index in [1.165, 1.54) is 11.3 Å². The monoisotopic (exact) mass is 403 g/mol. The highest BCUT2D eigenvalue weighted by Crippen LogP contribution is 2.23. The summed E-state index contributed by atoms with van der Waals surface area (Å²) >= 11 is 1.47. The lowest BCUT2D eigenvalue weighted by Crippen LogP contribution is -2.47. The normalized spacial score (nSPS) is 20.9. The third-order valence-electron chi connectivity index (χ3n) is 5.32. The first-order valence-electron chi connectivity index (χ1n) is 9.94. The fraction of sp³-hybridized carbons (Fsp3) is 0.524. The van der Waals surface area contributed by atoms with Gasteiger partial charge in [-0.1, -0.05) is 36.8 Å². The summed E-state index contributed by atoms with van der Waals surface area (Å²) < 4.78 is 5.33. The van der Waals surface area contributed by atoms with E-state index in [2.05, 4.69) is 9.88 Å². The van der Waals surface area contributed by atoms with E-state index >= 15 is 0 Å². The lowest BCUT2D eigenvalue weighted by atomic mass is 9.95. The third kappa shape index (κ3) is 6.02. The Kier molecular flexibility index (Phi) is 7.82. The molecule has 1 aromatic carbocycles. The zero-order valence-corrected chi connectivity index (χ0v) is 16.9. The molecule has 0 bridgehead atoms. The Morgan fingerprint density at radius 2 is 1.96 bits per heavy atom. The van der Waals surface area contributed by atoms with Crippen LogP contribution in [0.2, 0.25) is 0 Å². The van der Waals surface area contributed by atoms with Crippen LogP contribution in [0, 0.1) is 5.92 Å². The Balaban J connectivity index is 0.000000167. The van der Waals surface area contributed by atoms with Gasteiger partial charge in [-0.25, -0.2) is 4.98 Å². The van der Waals surface area contributed by atoms with Gasteiger partial charge in [0.05, 0.1) is 5.69 Å². The number of nitrogens with zero attached hydrogens (tertiary/aromatic N) is 2. The lowest BCUT2D eigenvalue weighted by molar-refractivity contribution is -0.145. The van der Waals surface area contributed by atoms with Crippen LogP contribution in [0.5, 0.6) is 0 Å². The molecule has 7 heteroatoms. The van der Waals surface area contributed by atoms with E-state index in [0.29, 0.717) is 11.0 Å². The average molecular weight is 404 g/mol. The Labute approximate surface area is 170 Å². The van der Waals surface area contributed by atoms with Gasteiger partial charge in [-0.15, -0.1) is 11.3 Å². The summed E-state index contributed by atoms with van der Waals surface area (Å²) in [5.41, 5.74) is 7.60. The van der Waals surface area contributed by atoms with Crippen molar-refractivity contribution in [3.05, 3.63) is 35.7 Å². The van der Waals surface area contributed by atoms with Crippen molar-refractivity contribution in [1.29, 1.82) is 0 Å². The number of aliphatic carboxylic acids is 1. The first kappa shape index (κ1) is 20.8. The van der Waals surface area contributed by atoms with Crippen molar-refractivity contribution >= 4 is 22.4 Å². The Morgan fingerprint density at radius 3 is 2.61 bits per heavy atom. The molecule has 0 spiro atoms. The number of rotatable bonds is 4. The number of piperidine rings is 1. The van der Waals surface area contributed by atoms with E-state index < -0.39 is 5.97 Å². The maximum Gasteiger partial charge on any atom is 0.320 e. The van der Waals surface area contributed by atoms with E-state index in [0.717, 1.165) is 69.7 Å². The maximum absolute atomic E-state index is 11.1. The van der Waals surface area contributed by atoms with Gasteiger partial charge in [0.2, 0.25) is 0 Å². The number of aromatic nitrogens is 1. The molecular weight excluding hydrogens is 374 g/mol. The van der Waals surface area contributed by atoms with Gasteiger partial charge in [0.15, 0.2) is 5.13 Å². The molecule has 4 rings (SSSR count). The second-order valence-corrected chi connectivity index (χ2v) is 8.23. The molecule has 0 radical (unpaired) electrons. The van der Waals surface area contributed by atoms with Crippen LogP contribution in [0.3, 0.4) is 0 Å². The lowest BCUT2D eigenvalue weighted by Gasteiger charge is -2.36. The van der Waals surface area contributed by atoms with Gasteiger partial charge in [-0.05, 0) is 38.1 Å². The highest BCUT2D eigenvalue weighted by Gasteiger charge is 2.30. The van der Waals surface area contributed by atoms with E-state index in [1.807, 2.05) is 35.7 Å². The summed E-state index contributed by atoms with van der Waals surface area (Å²) in [4.78, 5) is 17.5. The molecule has 0 aliphatic carbocycles. The van der Waals surface area contributed by atoms with Crippen LogP contribution in [-0.4, -0.2) is 53.3 Å². The zero-order valence-electron chi connectivity index (χ0n) is 16.1. The Morgan fingerprint density at radius 1 is 1.21 bits per heavy atom. The fourth-order valence-corrected chi connectivity index (χ4v) is 4.35. The molecule has 2 saturated heterocycles. The molecule has 0 unspecified atom stereocenters. The molecule has 0 saturated carbocycles. The van der Waals surface area contributed by atoms with Crippen LogP contribution >= 0.6 is 11.3 Å². The minimum atomic E-state index is -0.647. The summed E-state index contributed by atoms with van der Waals surface area (Å²) in [6.45, 7) is 3.58. The molecule has 152 valence electrons. The van der Waals surface area contributed by atoms with E-state index in [4.69, 9.17) is 10.5 Å². The van der Waals surface area contributed by atoms with Crippen LogP contribution < -0.4 is 5.73 Å². The van der Waals surface area contributed by atoms with Crippen LogP contribution in [0.1, 0.15) is 32.1 Å². The number of ether oxygens (including phenoxy) is 1. The predicted molar refractivity (Wildman–Crippen MR) is 112 cm³/mol. The molecule has 2 aliphatic rings. The number of carboxylic acid groups (broad SMARTS) is 1. The summed E-state index contributed by atoms with van der Waals surface area (Å²) in [5, 5.41) is 11.8. The van der Waals surface area contributed by atoms with Gasteiger partial charge in [-0.2, -0.15) is 0 Å². The second-order valence-electron chi connectivity index (χ2n) is 7.34. The van der Waals surface area contributed by atoms with Gasteiger partial charge in [0.25, 0.3) is 0 Å². The largest absolute Gasteiger partial charge is 0.480 e. The van der Waals surface area contributed by atoms with Crippen LogP contribution in [0.4, 0.5) is 5.13 Å². The van der Waals surface area contributed by atoms with E-state index in [-0.39, 0.29) is 6.04 Å². The van der Waals surface area contributed by atoms with Crippen LogP contribution in [-0.2, 0) is 9.53 Å². The van der Waals surface area contributed by atoms with Crippen molar-refractivity contribution in [2.75, 3.05) is 32.0 Å². The smallest absolute Gasteiger partial charge is 0.320 e. The van der Waals surface area contributed by atoms with Gasteiger partial charge < -0.3 is 15.6 Å². The molecule has 1 aromatic heterocycles. The highest BCUT2D eigenvalue weighted by atomic mass is 32.1. The number of hydrogen-bond donors (Lipinski definition) is 2. The molecule has 6 nitrogen and oxygen atoms in total. The standard InChI is InChI=1S/C12H21NO3.C9H8N2S/c14-12(15)11-3-1-2-6-13(11)9-10-4-7-16-8-5-10;10-9-11-8(6-12-9)7-4-2-1-3-5-7/h10-11H,1-9H2,(H,14,15);1-6H,(H2,10,11)/t11-;/m0./s1. The molecule has 1 atom stereocenters. The van der Waals surface area contributed by atoms with Crippen LogP contribution in [0.15, 0.2) is 35.7 Å². The third-order valence-corrected chi connectivity index (χ3v) is 6.00. The number of nitrogen functional groups attached to an aromatic ring is 1. The number of anilines is 1. The van der Waals surface area contributed by atoms with Crippen molar-refractivity contribution < 1.29 is 14.6 Å². The number of nitrogens with two attached hydrogens (primary N) is 1. The number of carboxylic acids is 1. The Hall–Kier alpha value is -1.96. The molecule has 3 heterocycles. The zero-order chi connectivity index (χ0) is 19.8. The molecule has 0 amide bonds.